The van der Waals surface area contributed by atoms with Crippen LogP contribution in [0.5, 0.6) is 0 Å². The molecule has 1 aliphatic rings. The summed E-state index contributed by atoms with van der Waals surface area (Å²) in [5.74, 6) is 0.225. The number of thioether (sulfide) groups is 1. The van der Waals surface area contributed by atoms with Gasteiger partial charge in [-0.25, -0.2) is 9.18 Å². The van der Waals surface area contributed by atoms with Crippen LogP contribution in [0, 0.1) is 26.6 Å². The fraction of sp³-hybridized carbons (Fsp3) is 0.333. The Labute approximate surface area is 168 Å². The lowest BCUT2D eigenvalue weighted by molar-refractivity contribution is -0.115. The van der Waals surface area contributed by atoms with Crippen molar-refractivity contribution in [3.8, 4) is 0 Å². The standard InChI is InChI=1S/C21H24FN3O2S/c1-12-8-13(2)20(14(3)9-12)25-19(26)11-23-21(27)24-17-6-7-28-18-5-4-15(22)10-16(17)18/h4-5,8-10,17H,6-7,11H2,1-3H3,(H,25,26)(H2,23,24,27). The first-order valence-corrected chi connectivity index (χ1v) is 10.2. The molecule has 0 aliphatic carbocycles. The second kappa shape index (κ2) is 8.65. The molecule has 3 rings (SSSR count). The SMILES string of the molecule is Cc1cc(C)c(NC(=O)CNC(=O)NC2CCSc3ccc(F)cc32)c(C)c1. The van der Waals surface area contributed by atoms with Gasteiger partial charge in [0, 0.05) is 16.3 Å². The zero-order valence-electron chi connectivity index (χ0n) is 16.2. The van der Waals surface area contributed by atoms with Crippen LogP contribution in [0.25, 0.3) is 0 Å². The fourth-order valence-corrected chi connectivity index (χ4v) is 4.55. The Hall–Kier alpha value is -2.54. The van der Waals surface area contributed by atoms with Crippen LogP contribution >= 0.6 is 11.8 Å². The molecule has 148 valence electrons. The van der Waals surface area contributed by atoms with Crippen LogP contribution < -0.4 is 16.0 Å². The molecule has 2 aromatic rings. The van der Waals surface area contributed by atoms with Gasteiger partial charge in [0.2, 0.25) is 5.91 Å². The molecule has 1 unspecified atom stereocenters. The lowest BCUT2D eigenvalue weighted by Crippen LogP contribution is -2.42. The Morgan fingerprint density at radius 2 is 1.86 bits per heavy atom. The van der Waals surface area contributed by atoms with Crippen LogP contribution in [0.1, 0.15) is 34.7 Å². The molecule has 0 spiro atoms. The lowest BCUT2D eigenvalue weighted by Gasteiger charge is -2.26. The topological polar surface area (TPSA) is 70.2 Å². The van der Waals surface area contributed by atoms with Crippen LogP contribution in [0.3, 0.4) is 0 Å². The summed E-state index contributed by atoms with van der Waals surface area (Å²) in [6.07, 6.45) is 0.711. The van der Waals surface area contributed by atoms with E-state index < -0.39 is 6.03 Å². The third kappa shape index (κ3) is 4.84. The number of rotatable bonds is 4. The maximum atomic E-state index is 13.6. The van der Waals surface area contributed by atoms with Gasteiger partial charge in [-0.3, -0.25) is 4.79 Å². The second-order valence-corrected chi connectivity index (χ2v) is 8.16. The van der Waals surface area contributed by atoms with Gasteiger partial charge in [0.15, 0.2) is 0 Å². The van der Waals surface area contributed by atoms with E-state index in [1.807, 2.05) is 32.9 Å². The number of benzene rings is 2. The normalized spacial score (nSPS) is 15.5. The fourth-order valence-electron chi connectivity index (χ4n) is 3.45. The van der Waals surface area contributed by atoms with Crippen molar-refractivity contribution >= 4 is 29.4 Å². The Bertz CT molecular complexity index is 894. The van der Waals surface area contributed by atoms with Crippen molar-refractivity contribution in [3.05, 3.63) is 58.4 Å². The number of amides is 3. The van der Waals surface area contributed by atoms with Crippen molar-refractivity contribution in [1.82, 2.24) is 10.6 Å². The van der Waals surface area contributed by atoms with Crippen LogP contribution in [-0.4, -0.2) is 24.2 Å². The Kier molecular flexibility index (Phi) is 6.24. The first-order chi connectivity index (χ1) is 13.3. The largest absolute Gasteiger partial charge is 0.331 e. The second-order valence-electron chi connectivity index (χ2n) is 7.02. The Balaban J connectivity index is 1.56. The maximum absolute atomic E-state index is 13.6. The summed E-state index contributed by atoms with van der Waals surface area (Å²) in [4.78, 5) is 25.4. The minimum absolute atomic E-state index is 0.143. The van der Waals surface area contributed by atoms with E-state index in [-0.39, 0.29) is 24.3 Å². The van der Waals surface area contributed by atoms with Crippen LogP contribution in [-0.2, 0) is 4.79 Å². The zero-order chi connectivity index (χ0) is 20.3. The quantitative estimate of drug-likeness (QED) is 0.718. The molecule has 0 saturated carbocycles. The van der Waals surface area contributed by atoms with Crippen LogP contribution in [0.15, 0.2) is 35.2 Å². The average molecular weight is 402 g/mol. The lowest BCUT2D eigenvalue weighted by atomic mass is 10.0. The number of hydrogen-bond acceptors (Lipinski definition) is 3. The van der Waals surface area contributed by atoms with Crippen molar-refractivity contribution in [2.45, 2.75) is 38.1 Å². The third-order valence-corrected chi connectivity index (χ3v) is 5.79. The predicted molar refractivity (Wildman–Crippen MR) is 110 cm³/mol. The van der Waals surface area contributed by atoms with Crippen molar-refractivity contribution in [2.24, 2.45) is 0 Å². The van der Waals surface area contributed by atoms with Crippen LogP contribution in [0.2, 0.25) is 0 Å². The van der Waals surface area contributed by atoms with Crippen molar-refractivity contribution in [2.75, 3.05) is 17.6 Å². The molecule has 7 heteroatoms. The minimum atomic E-state index is -0.445. The molecular formula is C21H24FN3O2S. The molecule has 5 nitrogen and oxygen atoms in total. The smallest absolute Gasteiger partial charge is 0.315 e. The molecule has 0 bridgehead atoms. The number of hydrogen-bond donors (Lipinski definition) is 3. The molecular weight excluding hydrogens is 377 g/mol. The highest BCUT2D eigenvalue weighted by atomic mass is 32.2. The van der Waals surface area contributed by atoms with Gasteiger partial charge in [-0.1, -0.05) is 17.7 Å². The van der Waals surface area contributed by atoms with Gasteiger partial charge in [0.1, 0.15) is 5.82 Å². The van der Waals surface area contributed by atoms with Gasteiger partial charge in [-0.2, -0.15) is 0 Å². The number of fused-ring (bicyclic) bond motifs is 1. The molecule has 1 atom stereocenters. The molecule has 1 heterocycles. The van der Waals surface area contributed by atoms with E-state index in [0.29, 0.717) is 6.42 Å². The number of carbonyl (C=O) groups is 2. The molecule has 2 aromatic carbocycles. The molecule has 0 fully saturated rings. The predicted octanol–water partition coefficient (Wildman–Crippen LogP) is 4.23. The van der Waals surface area contributed by atoms with Crippen LogP contribution in [0.4, 0.5) is 14.9 Å². The van der Waals surface area contributed by atoms with E-state index in [4.69, 9.17) is 0 Å². The highest BCUT2D eigenvalue weighted by Crippen LogP contribution is 2.36. The summed E-state index contributed by atoms with van der Waals surface area (Å²) >= 11 is 1.65. The molecule has 0 saturated heterocycles. The van der Waals surface area contributed by atoms with Crippen molar-refractivity contribution in [3.63, 3.8) is 0 Å². The summed E-state index contributed by atoms with van der Waals surface area (Å²) in [6.45, 7) is 5.74. The van der Waals surface area contributed by atoms with E-state index in [9.17, 15) is 14.0 Å². The van der Waals surface area contributed by atoms with E-state index in [0.717, 1.165) is 38.6 Å². The monoisotopic (exact) mass is 401 g/mol. The summed E-state index contributed by atoms with van der Waals surface area (Å²) in [6, 6.07) is 7.91. The Morgan fingerprint density at radius 1 is 1.14 bits per heavy atom. The number of aryl methyl sites for hydroxylation is 3. The molecule has 3 amide bonds. The van der Waals surface area contributed by atoms with Crippen molar-refractivity contribution in [1.29, 1.82) is 0 Å². The number of halogens is 1. The van der Waals surface area contributed by atoms with Gasteiger partial charge >= 0.3 is 6.03 Å². The number of anilines is 1. The molecule has 3 N–H and O–H groups in total. The van der Waals surface area contributed by atoms with E-state index in [1.54, 1.807) is 17.8 Å². The van der Waals surface area contributed by atoms with Gasteiger partial charge in [-0.05, 0) is 62.1 Å². The summed E-state index contributed by atoms with van der Waals surface area (Å²) in [7, 11) is 0. The average Bonchev–Trinajstić information content (AvgIpc) is 2.63. The first-order valence-electron chi connectivity index (χ1n) is 9.18. The zero-order valence-corrected chi connectivity index (χ0v) is 17.0. The molecule has 0 radical (unpaired) electrons. The number of urea groups is 1. The van der Waals surface area contributed by atoms with Gasteiger partial charge in [-0.15, -0.1) is 11.8 Å². The van der Waals surface area contributed by atoms with E-state index in [2.05, 4.69) is 16.0 Å². The molecule has 28 heavy (non-hydrogen) atoms. The number of nitrogens with one attached hydrogen (secondary N) is 3. The van der Waals surface area contributed by atoms with Crippen molar-refractivity contribution < 1.29 is 14.0 Å². The summed E-state index contributed by atoms with van der Waals surface area (Å²) < 4.78 is 13.6. The van der Waals surface area contributed by atoms with E-state index in [1.165, 1.54) is 12.1 Å². The molecule has 0 aromatic heterocycles. The Morgan fingerprint density at radius 3 is 2.57 bits per heavy atom. The van der Waals surface area contributed by atoms with E-state index >= 15 is 0 Å². The highest BCUT2D eigenvalue weighted by Gasteiger charge is 2.23. The minimum Gasteiger partial charge on any atom is -0.331 e. The summed E-state index contributed by atoms with van der Waals surface area (Å²) in [5, 5.41) is 8.28. The first kappa shape index (κ1) is 20.2. The molecule has 1 aliphatic heterocycles. The summed E-state index contributed by atoms with van der Waals surface area (Å²) in [5.41, 5.74) is 4.64. The number of carbonyl (C=O) groups excluding carboxylic acids is 2. The maximum Gasteiger partial charge on any atom is 0.315 e. The third-order valence-electron chi connectivity index (χ3n) is 4.67. The van der Waals surface area contributed by atoms with Gasteiger partial charge in [0.25, 0.3) is 0 Å². The van der Waals surface area contributed by atoms with Gasteiger partial charge in [0.05, 0.1) is 12.6 Å². The van der Waals surface area contributed by atoms with Gasteiger partial charge < -0.3 is 16.0 Å². The highest BCUT2D eigenvalue weighted by molar-refractivity contribution is 7.99.